The van der Waals surface area contributed by atoms with Gasteiger partial charge in [-0.3, -0.25) is 0 Å². The summed E-state index contributed by atoms with van der Waals surface area (Å²) in [6.45, 7) is 4.70. The largest absolute Gasteiger partial charge is 0.312 e. The molecule has 2 aliphatic heterocycles. The van der Waals surface area contributed by atoms with Crippen LogP contribution in [-0.4, -0.2) is 39.8 Å². The molecule has 0 aliphatic carbocycles. The normalized spacial score (nSPS) is 27.1. The van der Waals surface area contributed by atoms with Crippen molar-refractivity contribution in [2.45, 2.75) is 51.0 Å². The average molecular weight is 234 g/mol. The summed E-state index contributed by atoms with van der Waals surface area (Å²) in [5, 5.41) is 8.89. The molecule has 4 heteroatoms. The van der Waals surface area contributed by atoms with Crippen LogP contribution in [0.4, 0.5) is 0 Å². The number of likely N-dealkylation sites (tertiary alicyclic amines) is 1. The molecule has 1 fully saturated rings. The van der Waals surface area contributed by atoms with Crippen molar-refractivity contribution in [3.8, 4) is 0 Å². The van der Waals surface area contributed by atoms with Crippen LogP contribution in [0, 0.1) is 0 Å². The van der Waals surface area contributed by atoms with Crippen molar-refractivity contribution in [2.75, 3.05) is 20.1 Å². The predicted molar refractivity (Wildman–Crippen MR) is 67.1 cm³/mol. The minimum absolute atomic E-state index is 0.600. The van der Waals surface area contributed by atoms with Crippen LogP contribution in [0.15, 0.2) is 0 Å². The Morgan fingerprint density at radius 1 is 1.12 bits per heavy atom. The van der Waals surface area contributed by atoms with Crippen molar-refractivity contribution in [3.05, 3.63) is 11.6 Å². The van der Waals surface area contributed by atoms with E-state index in [1.54, 1.807) is 0 Å². The van der Waals surface area contributed by atoms with Gasteiger partial charge in [0, 0.05) is 18.4 Å². The second kappa shape index (κ2) is 4.41. The van der Waals surface area contributed by atoms with Crippen molar-refractivity contribution >= 4 is 0 Å². The van der Waals surface area contributed by atoms with E-state index in [2.05, 4.69) is 33.6 Å². The second-order valence-electron chi connectivity index (χ2n) is 5.66. The Hall–Kier alpha value is -0.900. The van der Waals surface area contributed by atoms with Crippen molar-refractivity contribution in [3.63, 3.8) is 0 Å². The molecular weight excluding hydrogens is 212 g/mol. The van der Waals surface area contributed by atoms with E-state index in [0.717, 1.165) is 6.42 Å². The fourth-order valence-corrected chi connectivity index (χ4v) is 3.22. The van der Waals surface area contributed by atoms with Crippen molar-refractivity contribution in [1.82, 2.24) is 19.7 Å². The fourth-order valence-electron chi connectivity index (χ4n) is 3.22. The molecule has 0 spiro atoms. The summed E-state index contributed by atoms with van der Waals surface area (Å²) in [5.74, 6) is 3.12. The third-order valence-electron chi connectivity index (χ3n) is 4.34. The maximum atomic E-state index is 4.49. The summed E-state index contributed by atoms with van der Waals surface area (Å²) in [6, 6.07) is 0.600. The number of piperidine rings is 1. The van der Waals surface area contributed by atoms with Crippen molar-refractivity contribution < 1.29 is 0 Å². The molecular formula is C13H22N4. The SMILES string of the molecule is CC1CCCc2nnc(C3CCN(C)CC3)n21. The summed E-state index contributed by atoms with van der Waals surface area (Å²) < 4.78 is 2.43. The smallest absolute Gasteiger partial charge is 0.136 e. The summed E-state index contributed by atoms with van der Waals surface area (Å²) in [7, 11) is 2.21. The van der Waals surface area contributed by atoms with Crippen LogP contribution < -0.4 is 0 Å². The zero-order valence-electron chi connectivity index (χ0n) is 10.9. The molecule has 1 saturated heterocycles. The lowest BCUT2D eigenvalue weighted by molar-refractivity contribution is 0.245. The van der Waals surface area contributed by atoms with E-state index in [9.17, 15) is 0 Å². The third kappa shape index (κ3) is 1.99. The molecule has 1 atom stereocenters. The van der Waals surface area contributed by atoms with Crippen LogP contribution in [0.3, 0.4) is 0 Å². The van der Waals surface area contributed by atoms with Crippen LogP contribution in [0.1, 0.15) is 56.2 Å². The fraction of sp³-hybridized carbons (Fsp3) is 0.846. The maximum absolute atomic E-state index is 4.49. The zero-order chi connectivity index (χ0) is 11.8. The van der Waals surface area contributed by atoms with Gasteiger partial charge in [0.2, 0.25) is 0 Å². The quantitative estimate of drug-likeness (QED) is 0.745. The monoisotopic (exact) mass is 234 g/mol. The summed E-state index contributed by atoms with van der Waals surface area (Å²) in [5.41, 5.74) is 0. The van der Waals surface area contributed by atoms with Crippen LogP contribution in [-0.2, 0) is 6.42 Å². The molecule has 4 nitrogen and oxygen atoms in total. The Balaban J connectivity index is 1.86. The number of hydrogen-bond donors (Lipinski definition) is 0. The molecule has 2 aliphatic rings. The first-order valence-electron chi connectivity index (χ1n) is 6.88. The maximum Gasteiger partial charge on any atom is 0.136 e. The van der Waals surface area contributed by atoms with Crippen LogP contribution in [0.25, 0.3) is 0 Å². The molecule has 0 amide bonds. The number of fused-ring (bicyclic) bond motifs is 1. The third-order valence-corrected chi connectivity index (χ3v) is 4.34. The number of nitrogens with zero attached hydrogens (tertiary/aromatic N) is 4. The van der Waals surface area contributed by atoms with Gasteiger partial charge in [-0.2, -0.15) is 0 Å². The lowest BCUT2D eigenvalue weighted by Gasteiger charge is -2.30. The van der Waals surface area contributed by atoms with Gasteiger partial charge in [0.25, 0.3) is 0 Å². The molecule has 1 aromatic rings. The first-order chi connectivity index (χ1) is 8.25. The first kappa shape index (κ1) is 11.2. The average Bonchev–Trinajstić information content (AvgIpc) is 2.75. The molecule has 1 unspecified atom stereocenters. The molecule has 3 heterocycles. The molecule has 0 saturated carbocycles. The lowest BCUT2D eigenvalue weighted by atomic mass is 9.95. The van der Waals surface area contributed by atoms with Gasteiger partial charge in [-0.15, -0.1) is 10.2 Å². The first-order valence-corrected chi connectivity index (χ1v) is 6.88. The minimum atomic E-state index is 0.600. The van der Waals surface area contributed by atoms with Crippen molar-refractivity contribution in [2.24, 2.45) is 0 Å². The van der Waals surface area contributed by atoms with Crippen LogP contribution in [0.2, 0.25) is 0 Å². The van der Waals surface area contributed by atoms with Crippen LogP contribution in [0.5, 0.6) is 0 Å². The molecule has 0 bridgehead atoms. The zero-order valence-corrected chi connectivity index (χ0v) is 10.9. The molecule has 0 aromatic carbocycles. The molecule has 17 heavy (non-hydrogen) atoms. The van der Waals surface area contributed by atoms with E-state index in [1.165, 1.54) is 50.4 Å². The summed E-state index contributed by atoms with van der Waals surface area (Å²) in [4.78, 5) is 2.41. The molecule has 94 valence electrons. The highest BCUT2D eigenvalue weighted by Gasteiger charge is 2.28. The summed E-state index contributed by atoms with van der Waals surface area (Å²) in [6.07, 6.45) is 6.14. The van der Waals surface area contributed by atoms with Crippen molar-refractivity contribution in [1.29, 1.82) is 0 Å². The highest BCUT2D eigenvalue weighted by molar-refractivity contribution is 5.07. The van der Waals surface area contributed by atoms with Gasteiger partial charge in [-0.25, -0.2) is 0 Å². The number of rotatable bonds is 1. The van der Waals surface area contributed by atoms with E-state index in [0.29, 0.717) is 12.0 Å². The van der Waals surface area contributed by atoms with Gasteiger partial charge >= 0.3 is 0 Å². The number of aromatic nitrogens is 3. The van der Waals surface area contributed by atoms with Gasteiger partial charge in [0.1, 0.15) is 11.6 Å². The standard InChI is InChI=1S/C13H22N4/c1-10-4-3-5-12-14-15-13(17(10)12)11-6-8-16(2)9-7-11/h10-11H,3-9H2,1-2H3. The predicted octanol–water partition coefficient (Wildman–Crippen LogP) is 1.98. The van der Waals surface area contributed by atoms with E-state index in [4.69, 9.17) is 0 Å². The Morgan fingerprint density at radius 3 is 2.65 bits per heavy atom. The molecule has 0 radical (unpaired) electrons. The molecule has 0 N–H and O–H groups in total. The Labute approximate surface area is 103 Å². The van der Waals surface area contributed by atoms with E-state index < -0.39 is 0 Å². The molecule has 1 aromatic heterocycles. The van der Waals surface area contributed by atoms with Gasteiger partial charge in [-0.1, -0.05) is 0 Å². The second-order valence-corrected chi connectivity index (χ2v) is 5.66. The van der Waals surface area contributed by atoms with Gasteiger partial charge in [0.15, 0.2) is 0 Å². The Kier molecular flexibility index (Phi) is 2.90. The number of hydrogen-bond acceptors (Lipinski definition) is 3. The highest BCUT2D eigenvalue weighted by atomic mass is 15.3. The Morgan fingerprint density at radius 2 is 1.88 bits per heavy atom. The molecule has 3 rings (SSSR count). The number of aryl methyl sites for hydroxylation is 1. The lowest BCUT2D eigenvalue weighted by Crippen LogP contribution is -2.31. The van der Waals surface area contributed by atoms with Gasteiger partial charge in [0.05, 0.1) is 0 Å². The van der Waals surface area contributed by atoms with E-state index >= 15 is 0 Å². The van der Waals surface area contributed by atoms with Gasteiger partial charge in [-0.05, 0) is 52.7 Å². The van der Waals surface area contributed by atoms with Gasteiger partial charge < -0.3 is 9.47 Å². The van der Waals surface area contributed by atoms with E-state index in [1.807, 2.05) is 0 Å². The summed E-state index contributed by atoms with van der Waals surface area (Å²) >= 11 is 0. The van der Waals surface area contributed by atoms with E-state index in [-0.39, 0.29) is 0 Å². The van der Waals surface area contributed by atoms with Crippen LogP contribution >= 0.6 is 0 Å². The highest BCUT2D eigenvalue weighted by Crippen LogP contribution is 2.32. The minimum Gasteiger partial charge on any atom is -0.312 e. The Bertz CT molecular complexity index is 390. The topological polar surface area (TPSA) is 34.0 Å².